The Bertz CT molecular complexity index is 549. The summed E-state index contributed by atoms with van der Waals surface area (Å²) in [5.74, 6) is -0.744. The Hall–Kier alpha value is -1.34. The Balaban J connectivity index is 2.13. The highest BCUT2D eigenvalue weighted by molar-refractivity contribution is 7.89. The largest absolute Gasteiger partial charge is 0.300 e. The molecule has 0 unspecified atom stereocenters. The monoisotopic (exact) mass is 272 g/mol. The molecule has 0 radical (unpaired) electrons. The molecule has 1 fully saturated rings. The van der Waals surface area contributed by atoms with Crippen molar-refractivity contribution in [2.24, 2.45) is 0 Å². The van der Waals surface area contributed by atoms with E-state index in [4.69, 9.17) is 0 Å². The van der Waals surface area contributed by atoms with E-state index in [-0.39, 0.29) is 11.8 Å². The first-order valence-corrected chi connectivity index (χ1v) is 7.12. The summed E-state index contributed by atoms with van der Waals surface area (Å²) in [6.45, 7) is 0. The number of pyridine rings is 1. The summed E-state index contributed by atoms with van der Waals surface area (Å²) in [5, 5.41) is -0.595. The van der Waals surface area contributed by atoms with Crippen LogP contribution in [0.2, 0.25) is 0 Å². The molecule has 0 saturated heterocycles. The van der Waals surface area contributed by atoms with Crippen molar-refractivity contribution in [2.75, 3.05) is 0 Å². The summed E-state index contributed by atoms with van der Waals surface area (Å²) in [4.78, 5) is 14.6. The average Bonchev–Trinajstić information content (AvgIpc) is 2.32. The number of nitrogens with one attached hydrogen (secondary N) is 1. The molecule has 1 aromatic rings. The molecule has 0 aliphatic heterocycles. The molecule has 5 nitrogen and oxygen atoms in total. The van der Waals surface area contributed by atoms with E-state index in [0.29, 0.717) is 25.7 Å². The molecule has 1 N–H and O–H groups in total. The molecule has 7 heteroatoms. The van der Waals surface area contributed by atoms with Crippen molar-refractivity contribution in [2.45, 2.75) is 36.8 Å². The van der Waals surface area contributed by atoms with Crippen LogP contribution in [0.4, 0.5) is 4.39 Å². The van der Waals surface area contributed by atoms with Crippen LogP contribution >= 0.6 is 0 Å². The van der Waals surface area contributed by atoms with Crippen molar-refractivity contribution < 1.29 is 17.6 Å². The molecule has 1 aliphatic rings. The number of sulfonamides is 1. The number of nitrogens with zero attached hydrogens (tertiary/aromatic N) is 1. The SMILES string of the molecule is O=C1CCC(NS(=O)(=O)c2ncccc2F)CC1. The lowest BCUT2D eigenvalue weighted by Gasteiger charge is -2.21. The van der Waals surface area contributed by atoms with Gasteiger partial charge in [-0.25, -0.2) is 22.5 Å². The van der Waals surface area contributed by atoms with E-state index >= 15 is 0 Å². The second kappa shape index (κ2) is 5.11. The van der Waals surface area contributed by atoms with Crippen LogP contribution in [0.25, 0.3) is 0 Å². The zero-order valence-corrected chi connectivity index (χ0v) is 10.4. The first kappa shape index (κ1) is 13.1. The number of hydrogen-bond donors (Lipinski definition) is 1. The van der Waals surface area contributed by atoms with E-state index in [2.05, 4.69) is 9.71 Å². The Kier molecular flexibility index (Phi) is 3.72. The van der Waals surface area contributed by atoms with Crippen molar-refractivity contribution in [1.82, 2.24) is 9.71 Å². The Morgan fingerprint density at radius 3 is 2.61 bits per heavy atom. The van der Waals surface area contributed by atoms with Gasteiger partial charge in [0.05, 0.1) is 0 Å². The summed E-state index contributed by atoms with van der Waals surface area (Å²) >= 11 is 0. The third-order valence-electron chi connectivity index (χ3n) is 2.84. The maximum Gasteiger partial charge on any atom is 0.261 e. The van der Waals surface area contributed by atoms with Gasteiger partial charge in [0.1, 0.15) is 5.78 Å². The van der Waals surface area contributed by atoms with Crippen LogP contribution < -0.4 is 4.72 Å². The summed E-state index contributed by atoms with van der Waals surface area (Å²) in [7, 11) is -3.96. The van der Waals surface area contributed by atoms with Crippen LogP contribution in [0.5, 0.6) is 0 Å². The number of halogens is 1. The highest BCUT2D eigenvalue weighted by atomic mass is 32.2. The molecule has 98 valence electrons. The summed E-state index contributed by atoms with van der Waals surface area (Å²) in [6.07, 6.45) is 2.84. The Morgan fingerprint density at radius 1 is 1.33 bits per heavy atom. The fourth-order valence-electron chi connectivity index (χ4n) is 1.90. The van der Waals surface area contributed by atoms with Gasteiger partial charge in [-0.1, -0.05) is 0 Å². The molecule has 2 rings (SSSR count). The van der Waals surface area contributed by atoms with Crippen LogP contribution in [0, 0.1) is 5.82 Å². The number of rotatable bonds is 3. The van der Waals surface area contributed by atoms with Crippen LogP contribution in [-0.4, -0.2) is 25.2 Å². The van der Waals surface area contributed by atoms with E-state index in [0.717, 1.165) is 6.07 Å². The molecule has 0 amide bonds. The molecule has 18 heavy (non-hydrogen) atoms. The fraction of sp³-hybridized carbons (Fsp3) is 0.455. The molecule has 1 saturated carbocycles. The van der Waals surface area contributed by atoms with Crippen molar-refractivity contribution >= 4 is 15.8 Å². The van der Waals surface area contributed by atoms with Crippen molar-refractivity contribution in [3.63, 3.8) is 0 Å². The van der Waals surface area contributed by atoms with E-state index in [1.807, 2.05) is 0 Å². The average molecular weight is 272 g/mol. The van der Waals surface area contributed by atoms with Gasteiger partial charge >= 0.3 is 0 Å². The number of aromatic nitrogens is 1. The van der Waals surface area contributed by atoms with Crippen molar-refractivity contribution in [3.05, 3.63) is 24.1 Å². The second-order valence-electron chi connectivity index (χ2n) is 4.22. The predicted octanol–water partition coefficient (Wildman–Crippen LogP) is 1.01. The zero-order valence-electron chi connectivity index (χ0n) is 9.60. The van der Waals surface area contributed by atoms with Crippen molar-refractivity contribution in [3.8, 4) is 0 Å². The van der Waals surface area contributed by atoms with Gasteiger partial charge in [-0.15, -0.1) is 0 Å². The molecule has 1 heterocycles. The minimum absolute atomic E-state index is 0.134. The Morgan fingerprint density at radius 2 is 2.00 bits per heavy atom. The first-order chi connectivity index (χ1) is 8.49. The molecule has 0 atom stereocenters. The number of Topliss-reactive ketones (excluding diaryl/α,β-unsaturated/α-hetero) is 1. The van der Waals surface area contributed by atoms with E-state index < -0.39 is 20.9 Å². The minimum atomic E-state index is -3.96. The second-order valence-corrected chi connectivity index (χ2v) is 5.85. The molecular formula is C11H13FN2O3S. The van der Waals surface area contributed by atoms with Gasteiger partial charge in [0.25, 0.3) is 10.0 Å². The lowest BCUT2D eigenvalue weighted by Crippen LogP contribution is -2.38. The van der Waals surface area contributed by atoms with E-state index in [1.54, 1.807) is 0 Å². The number of carbonyl (C=O) groups is 1. The van der Waals surface area contributed by atoms with Crippen LogP contribution in [0.15, 0.2) is 23.4 Å². The maximum absolute atomic E-state index is 13.4. The summed E-state index contributed by atoms with van der Waals surface area (Å²) in [5.41, 5.74) is 0. The number of carbonyl (C=O) groups excluding carboxylic acids is 1. The normalized spacial score (nSPS) is 17.9. The zero-order chi connectivity index (χ0) is 13.2. The minimum Gasteiger partial charge on any atom is -0.300 e. The maximum atomic E-state index is 13.4. The van der Waals surface area contributed by atoms with Gasteiger partial charge in [-0.2, -0.15) is 0 Å². The van der Waals surface area contributed by atoms with Gasteiger partial charge in [0.2, 0.25) is 5.03 Å². The predicted molar refractivity (Wildman–Crippen MR) is 61.8 cm³/mol. The lowest BCUT2D eigenvalue weighted by molar-refractivity contribution is -0.120. The van der Waals surface area contributed by atoms with Gasteiger partial charge in [0, 0.05) is 25.1 Å². The van der Waals surface area contributed by atoms with E-state index in [1.165, 1.54) is 12.3 Å². The van der Waals surface area contributed by atoms with Gasteiger partial charge < -0.3 is 0 Å². The first-order valence-electron chi connectivity index (χ1n) is 5.63. The Labute approximate surface area is 104 Å². The third-order valence-corrected chi connectivity index (χ3v) is 4.30. The van der Waals surface area contributed by atoms with Crippen LogP contribution in [-0.2, 0) is 14.8 Å². The van der Waals surface area contributed by atoms with Crippen LogP contribution in [0.1, 0.15) is 25.7 Å². The molecule has 0 spiro atoms. The quantitative estimate of drug-likeness (QED) is 0.891. The standard InChI is InChI=1S/C11H13FN2O3S/c12-10-2-1-7-13-11(10)18(16,17)14-8-3-5-9(15)6-4-8/h1-2,7-8,14H,3-6H2. The topological polar surface area (TPSA) is 76.1 Å². The molecular weight excluding hydrogens is 259 g/mol. The van der Waals surface area contributed by atoms with Crippen LogP contribution in [0.3, 0.4) is 0 Å². The van der Waals surface area contributed by atoms with Gasteiger partial charge in [0.15, 0.2) is 5.82 Å². The number of ketones is 1. The van der Waals surface area contributed by atoms with Gasteiger partial charge in [-0.3, -0.25) is 4.79 Å². The van der Waals surface area contributed by atoms with Crippen molar-refractivity contribution in [1.29, 1.82) is 0 Å². The molecule has 0 aromatic carbocycles. The highest BCUT2D eigenvalue weighted by Gasteiger charge is 2.27. The lowest BCUT2D eigenvalue weighted by atomic mass is 9.95. The number of hydrogen-bond acceptors (Lipinski definition) is 4. The molecule has 1 aliphatic carbocycles. The third kappa shape index (κ3) is 2.91. The molecule has 0 bridgehead atoms. The van der Waals surface area contributed by atoms with E-state index in [9.17, 15) is 17.6 Å². The summed E-state index contributed by atoms with van der Waals surface area (Å²) < 4.78 is 39.6. The summed E-state index contributed by atoms with van der Waals surface area (Å²) in [6, 6.07) is 2.05. The molecule has 1 aromatic heterocycles. The fourth-order valence-corrected chi connectivity index (χ4v) is 3.21. The highest BCUT2D eigenvalue weighted by Crippen LogP contribution is 2.18. The smallest absolute Gasteiger partial charge is 0.261 e. The van der Waals surface area contributed by atoms with Gasteiger partial charge in [-0.05, 0) is 25.0 Å².